The first kappa shape index (κ1) is 16.5. The highest BCUT2D eigenvalue weighted by Crippen LogP contribution is 2.28. The molecule has 1 aliphatic rings. The lowest BCUT2D eigenvalue weighted by atomic mass is 9.88. The Morgan fingerprint density at radius 2 is 1.64 bits per heavy atom. The van der Waals surface area contributed by atoms with Crippen LogP contribution in [0.4, 0.5) is 10.5 Å². The standard InChI is InChI=1S/C18H25NO3/c1-18(2,3)22-17(21)19(15-12-8-5-9-13-15)16(20)14-10-6-4-7-11-14/h5,8-9,12-14H,4,6-7,10-11H2,1-3H3. The van der Waals surface area contributed by atoms with Gasteiger partial charge in [-0.15, -0.1) is 0 Å². The van der Waals surface area contributed by atoms with Gasteiger partial charge >= 0.3 is 6.09 Å². The van der Waals surface area contributed by atoms with E-state index in [1.165, 1.54) is 11.3 Å². The van der Waals surface area contributed by atoms with Crippen molar-refractivity contribution < 1.29 is 14.3 Å². The lowest BCUT2D eigenvalue weighted by Gasteiger charge is -2.30. The molecule has 0 aliphatic heterocycles. The van der Waals surface area contributed by atoms with Gasteiger partial charge < -0.3 is 4.74 Å². The molecule has 1 fully saturated rings. The number of nitrogens with zero attached hydrogens (tertiary/aromatic N) is 1. The van der Waals surface area contributed by atoms with E-state index in [-0.39, 0.29) is 11.8 Å². The Kier molecular flexibility index (Phi) is 5.22. The minimum Gasteiger partial charge on any atom is -0.443 e. The van der Waals surface area contributed by atoms with Crippen LogP contribution in [0.5, 0.6) is 0 Å². The summed E-state index contributed by atoms with van der Waals surface area (Å²) in [5.41, 5.74) is -0.0518. The number of carbonyl (C=O) groups is 2. The summed E-state index contributed by atoms with van der Waals surface area (Å²) in [5, 5.41) is 0. The average molecular weight is 303 g/mol. The van der Waals surface area contributed by atoms with Crippen molar-refractivity contribution in [3.63, 3.8) is 0 Å². The zero-order chi connectivity index (χ0) is 16.2. The fourth-order valence-corrected chi connectivity index (χ4v) is 2.74. The fourth-order valence-electron chi connectivity index (χ4n) is 2.74. The zero-order valence-corrected chi connectivity index (χ0v) is 13.7. The van der Waals surface area contributed by atoms with Crippen LogP contribution < -0.4 is 4.90 Å². The van der Waals surface area contributed by atoms with Crippen molar-refractivity contribution in [2.75, 3.05) is 4.90 Å². The first-order valence-corrected chi connectivity index (χ1v) is 8.00. The molecule has 22 heavy (non-hydrogen) atoms. The van der Waals surface area contributed by atoms with Crippen molar-refractivity contribution in [3.8, 4) is 0 Å². The summed E-state index contributed by atoms with van der Waals surface area (Å²) in [5.74, 6) is -0.221. The van der Waals surface area contributed by atoms with E-state index in [1.54, 1.807) is 32.9 Å². The number of amides is 2. The maximum absolute atomic E-state index is 12.9. The third kappa shape index (κ3) is 4.33. The molecule has 0 bridgehead atoms. The SMILES string of the molecule is CC(C)(C)OC(=O)N(C(=O)C1CCCCC1)c1ccccc1. The Balaban J connectivity index is 2.25. The van der Waals surface area contributed by atoms with Gasteiger partial charge in [0.05, 0.1) is 5.69 Å². The third-order valence-corrected chi connectivity index (χ3v) is 3.77. The van der Waals surface area contributed by atoms with Crippen LogP contribution in [0.15, 0.2) is 30.3 Å². The van der Waals surface area contributed by atoms with E-state index in [0.29, 0.717) is 5.69 Å². The molecule has 1 aromatic rings. The van der Waals surface area contributed by atoms with E-state index in [9.17, 15) is 9.59 Å². The molecule has 0 unspecified atom stereocenters. The van der Waals surface area contributed by atoms with Gasteiger partial charge in [0.1, 0.15) is 5.60 Å². The van der Waals surface area contributed by atoms with Crippen LogP contribution in [0.3, 0.4) is 0 Å². The van der Waals surface area contributed by atoms with Crippen molar-refractivity contribution >= 4 is 17.7 Å². The van der Waals surface area contributed by atoms with Crippen LogP contribution in [0, 0.1) is 5.92 Å². The Bertz CT molecular complexity index is 513. The number of hydrogen-bond donors (Lipinski definition) is 0. The van der Waals surface area contributed by atoms with Gasteiger partial charge in [-0.3, -0.25) is 4.79 Å². The van der Waals surface area contributed by atoms with Gasteiger partial charge in [-0.05, 0) is 45.7 Å². The molecule has 0 spiro atoms. The van der Waals surface area contributed by atoms with Gasteiger partial charge in [-0.2, -0.15) is 0 Å². The second kappa shape index (κ2) is 6.95. The average Bonchev–Trinajstić information content (AvgIpc) is 2.47. The van der Waals surface area contributed by atoms with Crippen LogP contribution in [0.2, 0.25) is 0 Å². The summed E-state index contributed by atoms with van der Waals surface area (Å²) in [4.78, 5) is 26.6. The minimum absolute atomic E-state index is 0.0820. The lowest BCUT2D eigenvalue weighted by molar-refractivity contribution is -0.123. The van der Waals surface area contributed by atoms with Crippen LogP contribution >= 0.6 is 0 Å². The number of hydrogen-bond acceptors (Lipinski definition) is 3. The number of imide groups is 1. The Hall–Kier alpha value is -1.84. The van der Waals surface area contributed by atoms with Crippen molar-refractivity contribution in [2.45, 2.75) is 58.5 Å². The molecule has 4 nitrogen and oxygen atoms in total. The predicted octanol–water partition coefficient (Wildman–Crippen LogP) is 4.54. The normalized spacial score (nSPS) is 16.1. The number of ether oxygens (including phenoxy) is 1. The monoisotopic (exact) mass is 303 g/mol. The Labute approximate surface area is 132 Å². The number of para-hydroxylation sites is 1. The second-order valence-corrected chi connectivity index (χ2v) is 6.82. The summed E-state index contributed by atoms with van der Waals surface area (Å²) in [7, 11) is 0. The predicted molar refractivity (Wildman–Crippen MR) is 86.7 cm³/mol. The second-order valence-electron chi connectivity index (χ2n) is 6.82. The molecule has 2 amide bonds. The maximum Gasteiger partial charge on any atom is 0.421 e. The highest BCUT2D eigenvalue weighted by Gasteiger charge is 2.33. The number of rotatable bonds is 2. The molecule has 0 saturated heterocycles. The van der Waals surface area contributed by atoms with Crippen molar-refractivity contribution in [1.82, 2.24) is 0 Å². The van der Waals surface area contributed by atoms with Gasteiger partial charge in [0.2, 0.25) is 5.91 Å². The number of benzene rings is 1. The Morgan fingerprint density at radius 3 is 2.18 bits per heavy atom. The largest absolute Gasteiger partial charge is 0.443 e. The van der Waals surface area contributed by atoms with Crippen LogP contribution in [-0.2, 0) is 9.53 Å². The molecule has 0 atom stereocenters. The van der Waals surface area contributed by atoms with Crippen LogP contribution in [-0.4, -0.2) is 17.6 Å². The van der Waals surface area contributed by atoms with Gasteiger partial charge in [0, 0.05) is 5.92 Å². The molecule has 2 rings (SSSR count). The molecule has 0 aromatic heterocycles. The van der Waals surface area contributed by atoms with E-state index in [2.05, 4.69) is 0 Å². The van der Waals surface area contributed by atoms with Crippen molar-refractivity contribution in [2.24, 2.45) is 5.92 Å². The molecule has 1 aromatic carbocycles. The molecule has 4 heteroatoms. The van der Waals surface area contributed by atoms with Crippen LogP contribution in [0.25, 0.3) is 0 Å². The molecule has 1 aliphatic carbocycles. The van der Waals surface area contributed by atoms with E-state index >= 15 is 0 Å². The van der Waals surface area contributed by atoms with Gasteiger partial charge in [0.25, 0.3) is 0 Å². The van der Waals surface area contributed by atoms with Gasteiger partial charge in [0.15, 0.2) is 0 Å². The van der Waals surface area contributed by atoms with E-state index in [0.717, 1.165) is 25.7 Å². The molecular formula is C18H25NO3. The number of carbonyl (C=O) groups excluding carboxylic acids is 2. The summed E-state index contributed by atoms with van der Waals surface area (Å²) < 4.78 is 5.43. The Morgan fingerprint density at radius 1 is 1.05 bits per heavy atom. The van der Waals surface area contributed by atoms with Crippen molar-refractivity contribution in [3.05, 3.63) is 30.3 Å². The molecule has 0 heterocycles. The van der Waals surface area contributed by atoms with E-state index in [4.69, 9.17) is 4.74 Å². The van der Waals surface area contributed by atoms with Crippen LogP contribution in [0.1, 0.15) is 52.9 Å². The molecular weight excluding hydrogens is 278 g/mol. The maximum atomic E-state index is 12.9. The third-order valence-electron chi connectivity index (χ3n) is 3.77. The molecule has 1 saturated carbocycles. The smallest absolute Gasteiger partial charge is 0.421 e. The summed E-state index contributed by atoms with van der Waals surface area (Å²) in [6.45, 7) is 5.41. The van der Waals surface area contributed by atoms with E-state index < -0.39 is 11.7 Å². The number of anilines is 1. The lowest BCUT2D eigenvalue weighted by Crippen LogP contribution is -2.44. The van der Waals surface area contributed by atoms with Crippen molar-refractivity contribution in [1.29, 1.82) is 0 Å². The highest BCUT2D eigenvalue weighted by molar-refractivity contribution is 6.13. The zero-order valence-electron chi connectivity index (χ0n) is 13.7. The first-order chi connectivity index (χ1) is 10.4. The molecule has 120 valence electrons. The summed E-state index contributed by atoms with van der Waals surface area (Å²) >= 11 is 0. The first-order valence-electron chi connectivity index (χ1n) is 8.00. The molecule has 0 N–H and O–H groups in total. The quantitative estimate of drug-likeness (QED) is 0.806. The topological polar surface area (TPSA) is 46.6 Å². The van der Waals surface area contributed by atoms with Gasteiger partial charge in [-0.25, -0.2) is 9.69 Å². The molecule has 0 radical (unpaired) electrons. The summed E-state index contributed by atoms with van der Waals surface area (Å²) in [6, 6.07) is 9.04. The van der Waals surface area contributed by atoms with E-state index in [1.807, 2.05) is 18.2 Å². The highest BCUT2D eigenvalue weighted by atomic mass is 16.6. The minimum atomic E-state index is -0.628. The summed E-state index contributed by atoms with van der Waals surface area (Å²) in [6.07, 6.45) is 4.38. The van der Waals surface area contributed by atoms with Gasteiger partial charge in [-0.1, -0.05) is 37.5 Å². The fraction of sp³-hybridized carbons (Fsp3) is 0.556.